The van der Waals surface area contributed by atoms with E-state index in [1.54, 1.807) is 17.0 Å². The third-order valence-corrected chi connectivity index (χ3v) is 3.52. The van der Waals surface area contributed by atoms with Crippen LogP contribution in [-0.2, 0) is 4.74 Å². The summed E-state index contributed by atoms with van der Waals surface area (Å²) < 4.78 is 18.7. The number of anilines is 1. The van der Waals surface area contributed by atoms with Gasteiger partial charge in [0.25, 0.3) is 5.91 Å². The first-order chi connectivity index (χ1) is 10.6. The predicted octanol–water partition coefficient (Wildman–Crippen LogP) is 1.41. The molecule has 1 atom stereocenters. The summed E-state index contributed by atoms with van der Waals surface area (Å²) in [7, 11) is 0. The number of aromatic nitrogens is 2. The summed E-state index contributed by atoms with van der Waals surface area (Å²) in [6.45, 7) is 1.21. The van der Waals surface area contributed by atoms with Gasteiger partial charge in [0, 0.05) is 18.9 Å². The number of rotatable bonds is 2. The monoisotopic (exact) mass is 302 g/mol. The first-order valence-corrected chi connectivity index (χ1v) is 6.88. The maximum atomic E-state index is 13.0. The van der Waals surface area contributed by atoms with E-state index in [0.29, 0.717) is 19.7 Å². The number of hydrogen-bond acceptors (Lipinski definition) is 5. The van der Waals surface area contributed by atoms with Crippen LogP contribution >= 0.6 is 0 Å². The first kappa shape index (κ1) is 14.4. The summed E-state index contributed by atoms with van der Waals surface area (Å²) in [5.41, 5.74) is 6.66. The Hall–Kier alpha value is -2.54. The van der Waals surface area contributed by atoms with E-state index < -0.39 is 0 Å². The van der Waals surface area contributed by atoms with Crippen LogP contribution in [0.3, 0.4) is 0 Å². The zero-order valence-electron chi connectivity index (χ0n) is 11.8. The lowest BCUT2D eigenvalue weighted by Crippen LogP contribution is -2.42. The number of morpholine rings is 1. The van der Waals surface area contributed by atoms with Gasteiger partial charge in [0.05, 0.1) is 13.2 Å². The molecule has 0 unspecified atom stereocenters. The van der Waals surface area contributed by atoms with E-state index in [0.717, 1.165) is 5.56 Å². The lowest BCUT2D eigenvalue weighted by Gasteiger charge is -2.33. The Balaban J connectivity index is 1.77. The Morgan fingerprint density at radius 3 is 2.73 bits per heavy atom. The van der Waals surface area contributed by atoms with E-state index in [1.165, 1.54) is 24.5 Å². The molecule has 1 saturated heterocycles. The minimum absolute atomic E-state index is 0.109. The fourth-order valence-corrected chi connectivity index (χ4v) is 2.38. The van der Waals surface area contributed by atoms with Gasteiger partial charge in [0.15, 0.2) is 11.5 Å². The normalized spacial score (nSPS) is 18.2. The summed E-state index contributed by atoms with van der Waals surface area (Å²) in [5, 5.41) is 0. The Morgan fingerprint density at radius 2 is 2.00 bits per heavy atom. The molecule has 0 radical (unpaired) electrons. The van der Waals surface area contributed by atoms with E-state index in [1.807, 2.05) is 0 Å². The van der Waals surface area contributed by atoms with Gasteiger partial charge in [-0.15, -0.1) is 0 Å². The van der Waals surface area contributed by atoms with Crippen molar-refractivity contribution in [3.05, 3.63) is 53.7 Å². The van der Waals surface area contributed by atoms with Crippen LogP contribution in [0.25, 0.3) is 0 Å². The van der Waals surface area contributed by atoms with Crippen molar-refractivity contribution in [1.29, 1.82) is 0 Å². The molecule has 0 saturated carbocycles. The van der Waals surface area contributed by atoms with Gasteiger partial charge in [-0.25, -0.2) is 14.4 Å². The van der Waals surface area contributed by atoms with Crippen LogP contribution in [0, 0.1) is 5.82 Å². The average Bonchev–Trinajstić information content (AvgIpc) is 2.55. The summed E-state index contributed by atoms with van der Waals surface area (Å²) in [4.78, 5) is 22.0. The first-order valence-electron chi connectivity index (χ1n) is 6.88. The Labute approximate surface area is 126 Å². The van der Waals surface area contributed by atoms with E-state index in [2.05, 4.69) is 9.97 Å². The molecular formula is C15H15FN4O2. The van der Waals surface area contributed by atoms with Crippen LogP contribution in [-0.4, -0.2) is 40.5 Å². The molecule has 0 spiro atoms. The van der Waals surface area contributed by atoms with Gasteiger partial charge < -0.3 is 15.4 Å². The topological polar surface area (TPSA) is 81.3 Å². The molecule has 2 N–H and O–H groups in total. The molecule has 114 valence electrons. The zero-order chi connectivity index (χ0) is 15.5. The Kier molecular flexibility index (Phi) is 3.97. The number of benzene rings is 1. The molecular weight excluding hydrogens is 287 g/mol. The molecule has 2 aromatic rings. The number of hydrogen-bond donors (Lipinski definition) is 1. The molecule has 0 bridgehead atoms. The van der Waals surface area contributed by atoms with Crippen molar-refractivity contribution >= 4 is 11.7 Å². The molecule has 1 aliphatic heterocycles. The van der Waals surface area contributed by atoms with Gasteiger partial charge in [-0.05, 0) is 17.7 Å². The number of carbonyl (C=O) groups is 1. The minimum atomic E-state index is -0.306. The van der Waals surface area contributed by atoms with E-state index in [-0.39, 0.29) is 29.3 Å². The number of nitrogens with two attached hydrogens (primary N) is 1. The number of carbonyl (C=O) groups excluding carboxylic acids is 1. The van der Waals surface area contributed by atoms with E-state index in [9.17, 15) is 9.18 Å². The quantitative estimate of drug-likeness (QED) is 0.907. The van der Waals surface area contributed by atoms with Gasteiger partial charge in [-0.2, -0.15) is 0 Å². The maximum absolute atomic E-state index is 13.0. The third-order valence-electron chi connectivity index (χ3n) is 3.52. The van der Waals surface area contributed by atoms with Gasteiger partial charge in [0.2, 0.25) is 0 Å². The molecule has 1 amide bonds. The maximum Gasteiger partial charge on any atom is 0.276 e. The van der Waals surface area contributed by atoms with Crippen molar-refractivity contribution in [2.45, 2.75) is 6.10 Å². The lowest BCUT2D eigenvalue weighted by molar-refractivity contribution is -0.0230. The number of nitrogens with zero attached hydrogens (tertiary/aromatic N) is 3. The van der Waals surface area contributed by atoms with Gasteiger partial charge in [-0.3, -0.25) is 4.79 Å². The fraction of sp³-hybridized carbons (Fsp3) is 0.267. The highest BCUT2D eigenvalue weighted by Gasteiger charge is 2.28. The average molecular weight is 302 g/mol. The van der Waals surface area contributed by atoms with E-state index >= 15 is 0 Å². The van der Waals surface area contributed by atoms with Crippen LogP contribution in [0.4, 0.5) is 10.2 Å². The Morgan fingerprint density at radius 1 is 1.27 bits per heavy atom. The molecule has 3 rings (SSSR count). The highest BCUT2D eigenvalue weighted by Crippen LogP contribution is 2.23. The van der Waals surface area contributed by atoms with Crippen LogP contribution < -0.4 is 5.73 Å². The number of ether oxygens (including phenoxy) is 1. The lowest BCUT2D eigenvalue weighted by atomic mass is 10.1. The van der Waals surface area contributed by atoms with Crippen molar-refractivity contribution in [3.8, 4) is 0 Å². The molecule has 0 aliphatic carbocycles. The standard InChI is InChI=1S/C15H15FN4O2/c16-11-3-1-10(2-4-11)12-9-20(7-8-22-12)15(21)13-14(17)19-6-5-18-13/h1-6,12H,7-9H2,(H2,17,19)/t12-/m1/s1. The summed E-state index contributed by atoms with van der Waals surface area (Å²) in [6, 6.07) is 6.07. The van der Waals surface area contributed by atoms with Crippen LogP contribution in [0.5, 0.6) is 0 Å². The van der Waals surface area contributed by atoms with Crippen LogP contribution in [0.15, 0.2) is 36.7 Å². The summed E-state index contributed by atoms with van der Waals surface area (Å²) in [6.07, 6.45) is 2.57. The van der Waals surface area contributed by atoms with Crippen LogP contribution in [0.1, 0.15) is 22.2 Å². The second-order valence-electron chi connectivity index (χ2n) is 4.95. The summed E-state index contributed by atoms with van der Waals surface area (Å²) in [5.74, 6) is -0.474. The molecule has 2 heterocycles. The number of halogens is 1. The third kappa shape index (κ3) is 2.89. The highest BCUT2D eigenvalue weighted by molar-refractivity contribution is 5.96. The van der Waals surface area contributed by atoms with Crippen LogP contribution in [0.2, 0.25) is 0 Å². The molecule has 1 aliphatic rings. The van der Waals surface area contributed by atoms with Gasteiger partial charge in [-0.1, -0.05) is 12.1 Å². The highest BCUT2D eigenvalue weighted by atomic mass is 19.1. The van der Waals surface area contributed by atoms with Crippen molar-refractivity contribution in [2.75, 3.05) is 25.4 Å². The van der Waals surface area contributed by atoms with Crippen molar-refractivity contribution in [1.82, 2.24) is 14.9 Å². The molecule has 1 aromatic carbocycles. The van der Waals surface area contributed by atoms with Crippen molar-refractivity contribution in [3.63, 3.8) is 0 Å². The predicted molar refractivity (Wildman–Crippen MR) is 77.4 cm³/mol. The smallest absolute Gasteiger partial charge is 0.276 e. The van der Waals surface area contributed by atoms with Gasteiger partial charge >= 0.3 is 0 Å². The molecule has 1 fully saturated rings. The Bertz CT molecular complexity index is 677. The van der Waals surface area contributed by atoms with Crippen molar-refractivity contribution < 1.29 is 13.9 Å². The minimum Gasteiger partial charge on any atom is -0.382 e. The van der Waals surface area contributed by atoms with E-state index in [4.69, 9.17) is 10.5 Å². The second kappa shape index (κ2) is 6.07. The molecule has 1 aromatic heterocycles. The molecule has 7 heteroatoms. The SMILES string of the molecule is Nc1nccnc1C(=O)N1CCO[C@@H](c2ccc(F)cc2)C1. The second-order valence-corrected chi connectivity index (χ2v) is 4.95. The zero-order valence-corrected chi connectivity index (χ0v) is 11.8. The fourth-order valence-electron chi connectivity index (χ4n) is 2.38. The number of nitrogen functional groups attached to an aromatic ring is 1. The molecule has 6 nitrogen and oxygen atoms in total. The number of amides is 1. The van der Waals surface area contributed by atoms with Gasteiger partial charge in [0.1, 0.15) is 11.9 Å². The van der Waals surface area contributed by atoms with Crippen molar-refractivity contribution in [2.24, 2.45) is 0 Å². The molecule has 22 heavy (non-hydrogen) atoms. The largest absolute Gasteiger partial charge is 0.382 e. The summed E-state index contributed by atoms with van der Waals surface area (Å²) >= 11 is 0.